The Bertz CT molecular complexity index is 180. The number of hydrogen-bond donors (Lipinski definition) is 0. The highest BCUT2D eigenvalue weighted by molar-refractivity contribution is 5.49. The van der Waals surface area contributed by atoms with Gasteiger partial charge < -0.3 is 4.79 Å². The fourth-order valence-corrected chi connectivity index (χ4v) is 1.10. The highest BCUT2D eigenvalue weighted by atomic mass is 16.1. The minimum Gasteiger partial charge on any atom is -0.303 e. The molecule has 0 bridgehead atoms. The fourth-order valence-electron chi connectivity index (χ4n) is 1.10. The maximum absolute atomic E-state index is 10.1. The van der Waals surface area contributed by atoms with Crippen molar-refractivity contribution < 1.29 is 4.79 Å². The van der Waals surface area contributed by atoms with Crippen molar-refractivity contribution in [2.75, 3.05) is 0 Å². The molecule has 0 spiro atoms. The van der Waals surface area contributed by atoms with E-state index in [9.17, 15) is 4.79 Å². The summed E-state index contributed by atoms with van der Waals surface area (Å²) in [5.41, 5.74) is 1.32. The monoisotopic (exact) mass is 180 g/mol. The molecule has 0 aromatic carbocycles. The molecule has 0 unspecified atom stereocenters. The first-order valence-electron chi connectivity index (χ1n) is 4.92. The van der Waals surface area contributed by atoms with Gasteiger partial charge in [-0.3, -0.25) is 0 Å². The molecule has 0 amide bonds. The summed E-state index contributed by atoms with van der Waals surface area (Å²) in [5.74, 6) is 0.593. The van der Waals surface area contributed by atoms with Crippen LogP contribution >= 0.6 is 0 Å². The number of allylic oxidation sites excluding steroid dienone is 3. The maximum Gasteiger partial charge on any atom is 0.120 e. The van der Waals surface area contributed by atoms with Crippen molar-refractivity contribution in [2.45, 2.75) is 39.5 Å². The molecular weight excluding hydrogens is 160 g/mol. The Morgan fingerprint density at radius 1 is 1.46 bits per heavy atom. The van der Waals surface area contributed by atoms with Crippen LogP contribution in [0.25, 0.3) is 0 Å². The van der Waals surface area contributed by atoms with Crippen LogP contribution in [-0.2, 0) is 4.79 Å². The molecule has 0 rings (SSSR count). The summed E-state index contributed by atoms with van der Waals surface area (Å²) in [6.07, 6.45) is 8.99. The van der Waals surface area contributed by atoms with Gasteiger partial charge in [-0.1, -0.05) is 24.6 Å². The third-order valence-electron chi connectivity index (χ3n) is 2.17. The van der Waals surface area contributed by atoms with E-state index in [1.54, 1.807) is 0 Å². The molecule has 0 aliphatic carbocycles. The Balaban J connectivity index is 3.57. The maximum atomic E-state index is 10.1. The van der Waals surface area contributed by atoms with E-state index in [2.05, 4.69) is 26.5 Å². The summed E-state index contributed by atoms with van der Waals surface area (Å²) in [6, 6.07) is 0. The molecule has 1 nitrogen and oxygen atoms in total. The second kappa shape index (κ2) is 7.78. The van der Waals surface area contributed by atoms with Crippen LogP contribution in [0.5, 0.6) is 0 Å². The smallest absolute Gasteiger partial charge is 0.120 e. The number of rotatable bonds is 7. The molecule has 0 aliphatic heterocycles. The number of hydrogen-bond acceptors (Lipinski definition) is 1. The first-order valence-corrected chi connectivity index (χ1v) is 4.92. The highest BCUT2D eigenvalue weighted by Crippen LogP contribution is 2.10. The molecule has 0 N–H and O–H groups in total. The normalized spacial score (nSPS) is 13.8. The highest BCUT2D eigenvalue weighted by Gasteiger charge is 1.94. The van der Waals surface area contributed by atoms with E-state index in [1.165, 1.54) is 5.57 Å². The zero-order chi connectivity index (χ0) is 10.1. The summed E-state index contributed by atoms with van der Waals surface area (Å²) in [6.45, 7) is 7.99. The van der Waals surface area contributed by atoms with Crippen LogP contribution < -0.4 is 0 Å². The summed E-state index contributed by atoms with van der Waals surface area (Å²) < 4.78 is 0. The van der Waals surface area contributed by atoms with E-state index in [4.69, 9.17) is 0 Å². The fraction of sp³-hybridized carbons (Fsp3) is 0.583. The van der Waals surface area contributed by atoms with Crippen molar-refractivity contribution in [3.05, 3.63) is 24.3 Å². The summed E-state index contributed by atoms with van der Waals surface area (Å²) in [5, 5.41) is 0. The standard InChI is InChI=1S/C12H20O/c1-4-11(2)7-5-8-12(3)9-6-10-13/h4,8,10-11H,1,5-7,9H2,2-3H3/b12-8-/t11-/m0/s1. The average Bonchev–Trinajstić information content (AvgIpc) is 2.14. The Morgan fingerprint density at radius 2 is 2.15 bits per heavy atom. The van der Waals surface area contributed by atoms with Crippen molar-refractivity contribution in [3.63, 3.8) is 0 Å². The van der Waals surface area contributed by atoms with Crippen molar-refractivity contribution in [1.29, 1.82) is 0 Å². The third kappa shape index (κ3) is 7.51. The Labute approximate surface area is 81.5 Å². The molecule has 1 atom stereocenters. The SMILES string of the molecule is C=C[C@H](C)CC/C=C(/C)CCC=O. The van der Waals surface area contributed by atoms with Crippen molar-refractivity contribution >= 4 is 6.29 Å². The number of carbonyl (C=O) groups excluding carboxylic acids is 1. The second-order valence-electron chi connectivity index (χ2n) is 3.55. The minimum atomic E-state index is 0.593. The minimum absolute atomic E-state index is 0.593. The lowest BCUT2D eigenvalue weighted by Gasteiger charge is -2.02. The first kappa shape index (κ1) is 12.2. The number of carbonyl (C=O) groups is 1. The van der Waals surface area contributed by atoms with Crippen molar-refractivity contribution in [3.8, 4) is 0 Å². The zero-order valence-corrected chi connectivity index (χ0v) is 8.75. The number of aldehydes is 1. The van der Waals surface area contributed by atoms with Gasteiger partial charge in [-0.25, -0.2) is 0 Å². The van der Waals surface area contributed by atoms with Gasteiger partial charge in [0.1, 0.15) is 6.29 Å². The van der Waals surface area contributed by atoms with Crippen LogP contribution in [0.2, 0.25) is 0 Å². The van der Waals surface area contributed by atoms with Gasteiger partial charge in [0.05, 0.1) is 0 Å². The van der Waals surface area contributed by atoms with E-state index in [-0.39, 0.29) is 0 Å². The molecule has 0 saturated carbocycles. The van der Waals surface area contributed by atoms with E-state index >= 15 is 0 Å². The molecule has 13 heavy (non-hydrogen) atoms. The van der Waals surface area contributed by atoms with Crippen molar-refractivity contribution in [1.82, 2.24) is 0 Å². The van der Waals surface area contributed by atoms with E-state index < -0.39 is 0 Å². The average molecular weight is 180 g/mol. The van der Waals surface area contributed by atoms with Crippen LogP contribution in [0.1, 0.15) is 39.5 Å². The van der Waals surface area contributed by atoms with Gasteiger partial charge in [-0.2, -0.15) is 0 Å². The van der Waals surface area contributed by atoms with Gasteiger partial charge in [-0.15, -0.1) is 6.58 Å². The van der Waals surface area contributed by atoms with Gasteiger partial charge in [0.25, 0.3) is 0 Å². The van der Waals surface area contributed by atoms with Crippen LogP contribution in [0, 0.1) is 5.92 Å². The molecule has 0 aromatic heterocycles. The first-order chi connectivity index (χ1) is 6.20. The van der Waals surface area contributed by atoms with E-state index in [0.717, 1.165) is 25.5 Å². The predicted molar refractivity (Wildman–Crippen MR) is 57.7 cm³/mol. The molecule has 74 valence electrons. The summed E-state index contributed by atoms with van der Waals surface area (Å²) in [4.78, 5) is 10.1. The van der Waals surface area contributed by atoms with Gasteiger partial charge in [-0.05, 0) is 32.1 Å². The van der Waals surface area contributed by atoms with Gasteiger partial charge in [0, 0.05) is 6.42 Å². The molecule has 0 fully saturated rings. The molecule has 0 aliphatic rings. The molecule has 0 radical (unpaired) electrons. The lowest BCUT2D eigenvalue weighted by atomic mass is 10.0. The third-order valence-corrected chi connectivity index (χ3v) is 2.17. The predicted octanol–water partition coefficient (Wildman–Crippen LogP) is 3.51. The van der Waals surface area contributed by atoms with Crippen LogP contribution in [0.4, 0.5) is 0 Å². The van der Waals surface area contributed by atoms with Gasteiger partial charge >= 0.3 is 0 Å². The van der Waals surface area contributed by atoms with Gasteiger partial charge in [0.2, 0.25) is 0 Å². The second-order valence-corrected chi connectivity index (χ2v) is 3.55. The molecule has 0 aromatic rings. The largest absolute Gasteiger partial charge is 0.303 e. The molecule has 0 heterocycles. The van der Waals surface area contributed by atoms with Crippen LogP contribution in [0.15, 0.2) is 24.3 Å². The Hall–Kier alpha value is -0.850. The lowest BCUT2D eigenvalue weighted by molar-refractivity contribution is -0.107. The Kier molecular flexibility index (Phi) is 7.27. The van der Waals surface area contributed by atoms with Gasteiger partial charge in [0.15, 0.2) is 0 Å². The molecule has 0 saturated heterocycles. The lowest BCUT2D eigenvalue weighted by Crippen LogP contribution is -1.87. The zero-order valence-electron chi connectivity index (χ0n) is 8.75. The van der Waals surface area contributed by atoms with Crippen LogP contribution in [0.3, 0.4) is 0 Å². The van der Waals surface area contributed by atoms with E-state index in [1.807, 2.05) is 6.08 Å². The summed E-state index contributed by atoms with van der Waals surface area (Å²) in [7, 11) is 0. The summed E-state index contributed by atoms with van der Waals surface area (Å²) >= 11 is 0. The van der Waals surface area contributed by atoms with Crippen LogP contribution in [-0.4, -0.2) is 6.29 Å². The topological polar surface area (TPSA) is 17.1 Å². The van der Waals surface area contributed by atoms with E-state index in [0.29, 0.717) is 12.3 Å². The van der Waals surface area contributed by atoms with Crippen molar-refractivity contribution in [2.24, 2.45) is 5.92 Å². The Morgan fingerprint density at radius 3 is 2.69 bits per heavy atom. The molecule has 1 heteroatoms. The quantitative estimate of drug-likeness (QED) is 0.433. The molecular formula is C12H20O.